The van der Waals surface area contributed by atoms with Crippen LogP contribution in [0.5, 0.6) is 0 Å². The summed E-state index contributed by atoms with van der Waals surface area (Å²) in [4.78, 5) is 39.4. The van der Waals surface area contributed by atoms with Crippen molar-refractivity contribution in [3.05, 3.63) is 71.5 Å². The summed E-state index contributed by atoms with van der Waals surface area (Å²) < 4.78 is 24.5. The van der Waals surface area contributed by atoms with Crippen LogP contribution in [-0.2, 0) is 32.2 Å². The highest BCUT2D eigenvalue weighted by Gasteiger charge is 2.34. The Labute approximate surface area is 261 Å². The number of benzene rings is 2. The van der Waals surface area contributed by atoms with E-state index in [2.05, 4.69) is 16.0 Å². The molecule has 0 aliphatic carbocycles. The molecular formula is C34H50FN3O6. The number of halogens is 1. The Morgan fingerprint density at radius 1 is 0.909 bits per heavy atom. The molecule has 10 heteroatoms. The number of carbonyl (C=O) groups excluding carboxylic acids is 3. The summed E-state index contributed by atoms with van der Waals surface area (Å²) in [5.41, 5.74) is 0.925. The van der Waals surface area contributed by atoms with Crippen LogP contribution >= 0.6 is 0 Å². The second-order valence-corrected chi connectivity index (χ2v) is 12.6. The first kappa shape index (κ1) is 36.7. The maximum absolute atomic E-state index is 13.6. The van der Waals surface area contributed by atoms with Gasteiger partial charge in [-0.05, 0) is 62.3 Å². The molecule has 0 spiro atoms. The van der Waals surface area contributed by atoms with Crippen molar-refractivity contribution in [1.29, 1.82) is 0 Å². The first-order valence-electron chi connectivity index (χ1n) is 15.3. The molecule has 244 valence electrons. The molecule has 0 aliphatic rings. The summed E-state index contributed by atoms with van der Waals surface area (Å²) in [6, 6.07) is 13.7. The second-order valence-electron chi connectivity index (χ2n) is 12.6. The van der Waals surface area contributed by atoms with Crippen LogP contribution in [0.3, 0.4) is 0 Å². The zero-order valence-electron chi connectivity index (χ0n) is 27.1. The summed E-state index contributed by atoms with van der Waals surface area (Å²) in [6.07, 6.45) is -1.19. The number of aliphatic hydroxyl groups is 1. The van der Waals surface area contributed by atoms with Crippen LogP contribution < -0.4 is 16.0 Å². The van der Waals surface area contributed by atoms with Gasteiger partial charge in [0.2, 0.25) is 11.8 Å². The van der Waals surface area contributed by atoms with Gasteiger partial charge >= 0.3 is 6.09 Å². The molecule has 0 bridgehead atoms. The summed E-state index contributed by atoms with van der Waals surface area (Å²) in [5.74, 6) is -2.10. The molecule has 44 heavy (non-hydrogen) atoms. The number of aliphatic hydroxyl groups excluding tert-OH is 1. The van der Waals surface area contributed by atoms with Crippen molar-refractivity contribution < 1.29 is 33.4 Å². The molecule has 9 nitrogen and oxygen atoms in total. The van der Waals surface area contributed by atoms with Gasteiger partial charge in [-0.15, -0.1) is 0 Å². The fourth-order valence-electron chi connectivity index (χ4n) is 4.56. The van der Waals surface area contributed by atoms with Crippen LogP contribution in [0.2, 0.25) is 0 Å². The maximum atomic E-state index is 13.6. The van der Waals surface area contributed by atoms with E-state index in [1.807, 2.05) is 58.0 Å². The predicted octanol–water partition coefficient (Wildman–Crippen LogP) is 5.11. The Morgan fingerprint density at radius 2 is 1.55 bits per heavy atom. The van der Waals surface area contributed by atoms with E-state index >= 15 is 0 Å². The van der Waals surface area contributed by atoms with Crippen molar-refractivity contribution in [2.75, 3.05) is 6.61 Å². The van der Waals surface area contributed by atoms with E-state index in [4.69, 9.17) is 9.47 Å². The van der Waals surface area contributed by atoms with E-state index in [1.54, 1.807) is 32.9 Å². The van der Waals surface area contributed by atoms with Gasteiger partial charge in [-0.2, -0.15) is 0 Å². The lowest BCUT2D eigenvalue weighted by molar-refractivity contribution is -0.134. The Morgan fingerprint density at radius 3 is 2.11 bits per heavy atom. The zero-order chi connectivity index (χ0) is 32.9. The zero-order valence-corrected chi connectivity index (χ0v) is 27.1. The average Bonchev–Trinajstić information content (AvgIpc) is 2.96. The molecule has 0 unspecified atom stereocenters. The highest BCUT2D eigenvalue weighted by atomic mass is 19.1. The first-order chi connectivity index (χ1) is 20.7. The van der Waals surface area contributed by atoms with Gasteiger partial charge < -0.3 is 30.5 Å². The quantitative estimate of drug-likeness (QED) is 0.208. The SMILES string of the molecule is CC[C@H](C)[C@H](NC(=O)[C@@H](C[C@H](O)[C@H](COCc1ccccc1)NC(=O)OC(C)(C)C)C(C)C)C(=O)NCc1ccc(F)cc1. The van der Waals surface area contributed by atoms with Crippen molar-refractivity contribution >= 4 is 17.9 Å². The standard InChI is InChI=1S/C34H50FN3O6/c1-8-23(4)30(32(41)36-19-24-14-16-26(35)17-15-24)38-31(40)27(22(2)3)18-29(39)28(37-33(42)44-34(5,6)7)21-43-20-25-12-10-9-11-13-25/h9-17,22-23,27-30,39H,8,18-21H2,1-7H3,(H,36,41)(H,37,42)(H,38,40)/t23-,27-,28-,29-,30-/m0/s1. The Hall–Kier alpha value is -3.50. The van der Waals surface area contributed by atoms with Crippen LogP contribution in [-0.4, -0.2) is 53.4 Å². The van der Waals surface area contributed by atoms with Gasteiger partial charge in [0.15, 0.2) is 0 Å². The van der Waals surface area contributed by atoms with Gasteiger partial charge in [0, 0.05) is 12.5 Å². The lowest BCUT2D eigenvalue weighted by Gasteiger charge is -2.31. The van der Waals surface area contributed by atoms with Crippen LogP contribution in [0.15, 0.2) is 54.6 Å². The molecule has 0 fully saturated rings. The number of hydrogen-bond acceptors (Lipinski definition) is 6. The smallest absolute Gasteiger partial charge is 0.408 e. The number of ether oxygens (including phenoxy) is 2. The Bertz CT molecular complexity index is 1170. The van der Waals surface area contributed by atoms with E-state index in [0.29, 0.717) is 6.42 Å². The van der Waals surface area contributed by atoms with Gasteiger partial charge in [-0.25, -0.2) is 9.18 Å². The monoisotopic (exact) mass is 615 g/mol. The van der Waals surface area contributed by atoms with Gasteiger partial charge in [0.1, 0.15) is 17.5 Å². The van der Waals surface area contributed by atoms with Gasteiger partial charge in [-0.1, -0.05) is 76.6 Å². The number of amides is 3. The Kier molecular flexibility index (Phi) is 14.8. The van der Waals surface area contributed by atoms with Crippen LogP contribution in [0.1, 0.15) is 72.4 Å². The average molecular weight is 616 g/mol. The molecule has 5 atom stereocenters. The molecule has 3 amide bonds. The fourth-order valence-corrected chi connectivity index (χ4v) is 4.56. The lowest BCUT2D eigenvalue weighted by atomic mass is 9.86. The third kappa shape index (κ3) is 13.0. The third-order valence-electron chi connectivity index (χ3n) is 7.39. The molecule has 0 aromatic heterocycles. The normalized spacial score (nSPS) is 15.0. The predicted molar refractivity (Wildman–Crippen MR) is 168 cm³/mol. The van der Waals surface area contributed by atoms with E-state index < -0.39 is 35.8 Å². The van der Waals surface area contributed by atoms with E-state index in [-0.39, 0.29) is 55.6 Å². The third-order valence-corrected chi connectivity index (χ3v) is 7.39. The topological polar surface area (TPSA) is 126 Å². The van der Waals surface area contributed by atoms with Crippen molar-refractivity contribution in [1.82, 2.24) is 16.0 Å². The molecule has 0 radical (unpaired) electrons. The summed E-state index contributed by atoms with van der Waals surface area (Å²) in [5, 5.41) is 19.8. The number of rotatable bonds is 16. The number of hydrogen-bond donors (Lipinski definition) is 4. The number of nitrogens with one attached hydrogen (secondary N) is 3. The van der Waals surface area contributed by atoms with Gasteiger partial charge in [0.05, 0.1) is 25.4 Å². The molecule has 4 N–H and O–H groups in total. The molecule has 2 aromatic rings. The summed E-state index contributed by atoms with van der Waals surface area (Å²) in [6.45, 7) is 13.2. The molecule has 0 saturated heterocycles. The molecule has 2 rings (SSSR count). The van der Waals surface area contributed by atoms with Crippen molar-refractivity contribution in [3.8, 4) is 0 Å². The van der Waals surface area contributed by atoms with Crippen molar-refractivity contribution in [3.63, 3.8) is 0 Å². The number of carbonyl (C=O) groups is 3. The molecule has 0 heterocycles. The molecule has 2 aromatic carbocycles. The minimum atomic E-state index is -1.15. The highest BCUT2D eigenvalue weighted by Crippen LogP contribution is 2.21. The van der Waals surface area contributed by atoms with Crippen LogP contribution in [0.4, 0.5) is 9.18 Å². The Balaban J connectivity index is 2.13. The largest absolute Gasteiger partial charge is 0.444 e. The van der Waals surface area contributed by atoms with E-state index in [1.165, 1.54) is 12.1 Å². The minimum Gasteiger partial charge on any atom is -0.444 e. The molecular weight excluding hydrogens is 565 g/mol. The number of alkyl carbamates (subject to hydrolysis) is 1. The van der Waals surface area contributed by atoms with Crippen LogP contribution in [0, 0.1) is 23.6 Å². The van der Waals surface area contributed by atoms with Gasteiger partial charge in [-0.3, -0.25) is 9.59 Å². The summed E-state index contributed by atoms with van der Waals surface area (Å²) >= 11 is 0. The second kappa shape index (κ2) is 17.7. The molecule has 0 saturated carbocycles. The van der Waals surface area contributed by atoms with E-state index in [0.717, 1.165) is 11.1 Å². The van der Waals surface area contributed by atoms with Crippen molar-refractivity contribution in [2.45, 2.75) is 98.2 Å². The van der Waals surface area contributed by atoms with Crippen molar-refractivity contribution in [2.24, 2.45) is 17.8 Å². The summed E-state index contributed by atoms with van der Waals surface area (Å²) in [7, 11) is 0. The fraction of sp³-hybridized carbons (Fsp3) is 0.559. The van der Waals surface area contributed by atoms with Crippen LogP contribution in [0.25, 0.3) is 0 Å². The van der Waals surface area contributed by atoms with Gasteiger partial charge in [0.25, 0.3) is 0 Å². The molecule has 0 aliphatic heterocycles. The minimum absolute atomic E-state index is 0.0109. The maximum Gasteiger partial charge on any atom is 0.408 e. The lowest BCUT2D eigenvalue weighted by Crippen LogP contribution is -2.53. The highest BCUT2D eigenvalue weighted by molar-refractivity contribution is 5.88. The van der Waals surface area contributed by atoms with E-state index in [9.17, 15) is 23.9 Å². The first-order valence-corrected chi connectivity index (χ1v) is 15.3.